The number of nitrogens with two attached hydrogens (primary N) is 1. The molecule has 0 fully saturated rings. The monoisotopic (exact) mass is 445 g/mol. The van der Waals surface area contributed by atoms with Crippen LogP contribution in [0.25, 0.3) is 0 Å². The molecule has 10 nitrogen and oxygen atoms in total. The summed E-state index contributed by atoms with van der Waals surface area (Å²) in [5.74, 6) is -0.853. The number of hydrogen-bond acceptors (Lipinski definition) is 8. The Bertz CT molecular complexity index is 984. The summed E-state index contributed by atoms with van der Waals surface area (Å²) in [6.45, 7) is 0.603. The molecule has 0 amide bonds. The Hall–Kier alpha value is -3.28. The first kappa shape index (κ1) is 22.4. The van der Waals surface area contributed by atoms with Crippen LogP contribution in [0.1, 0.15) is 27.9 Å². The summed E-state index contributed by atoms with van der Waals surface area (Å²) >= 11 is 1.07. The predicted octanol–water partition coefficient (Wildman–Crippen LogP) is 1.86. The number of ether oxygens (including phenoxy) is 2. The number of anilines is 1. The van der Waals surface area contributed by atoms with Gasteiger partial charge in [-0.2, -0.15) is 0 Å². The molecule has 164 valence electrons. The molecular weight excluding hydrogens is 422 g/mol. The van der Waals surface area contributed by atoms with E-state index in [1.165, 1.54) is 0 Å². The fourth-order valence-corrected chi connectivity index (χ4v) is 3.56. The number of benzene rings is 2. The highest BCUT2D eigenvalue weighted by Crippen LogP contribution is 2.33. The van der Waals surface area contributed by atoms with Crippen molar-refractivity contribution >= 4 is 35.7 Å². The molecule has 0 bridgehead atoms. The van der Waals surface area contributed by atoms with E-state index >= 15 is 0 Å². The molecule has 7 N–H and O–H groups in total. The van der Waals surface area contributed by atoms with Gasteiger partial charge < -0.3 is 25.6 Å². The first-order valence-electron chi connectivity index (χ1n) is 9.48. The minimum Gasteiger partial charge on any atom is -0.489 e. The lowest BCUT2D eigenvalue weighted by atomic mass is 10.0. The van der Waals surface area contributed by atoms with E-state index in [0.717, 1.165) is 23.3 Å². The zero-order valence-electron chi connectivity index (χ0n) is 16.6. The zero-order chi connectivity index (χ0) is 22.2. The second kappa shape index (κ2) is 10.7. The number of carbonyl (C=O) groups excluding carboxylic acids is 1. The summed E-state index contributed by atoms with van der Waals surface area (Å²) in [6, 6.07) is 10.4. The van der Waals surface area contributed by atoms with Gasteiger partial charge in [-0.05, 0) is 42.7 Å². The molecule has 0 saturated carbocycles. The van der Waals surface area contributed by atoms with Gasteiger partial charge in [-0.3, -0.25) is 10.2 Å². The van der Waals surface area contributed by atoms with E-state index < -0.39 is 11.9 Å². The van der Waals surface area contributed by atoms with Crippen molar-refractivity contribution in [2.75, 3.05) is 18.5 Å². The van der Waals surface area contributed by atoms with Crippen molar-refractivity contribution in [3.05, 3.63) is 53.1 Å². The van der Waals surface area contributed by atoms with Crippen molar-refractivity contribution in [1.29, 1.82) is 5.41 Å². The Balaban J connectivity index is 1.77. The summed E-state index contributed by atoms with van der Waals surface area (Å²) in [6.07, 6.45) is 1.25. The maximum absolute atomic E-state index is 12.8. The minimum absolute atomic E-state index is 0.179. The highest BCUT2D eigenvalue weighted by atomic mass is 32.2. The summed E-state index contributed by atoms with van der Waals surface area (Å²) in [5, 5.41) is 18.7. The third-order valence-corrected chi connectivity index (χ3v) is 4.91. The molecule has 11 heteroatoms. The van der Waals surface area contributed by atoms with E-state index in [9.17, 15) is 9.59 Å². The van der Waals surface area contributed by atoms with Crippen LogP contribution in [0.15, 0.2) is 36.4 Å². The number of rotatable bonds is 7. The maximum atomic E-state index is 12.8. The molecule has 0 unspecified atom stereocenters. The first-order chi connectivity index (χ1) is 14.9. The van der Waals surface area contributed by atoms with Gasteiger partial charge in [0.15, 0.2) is 17.5 Å². The van der Waals surface area contributed by atoms with E-state index in [4.69, 9.17) is 25.7 Å². The van der Waals surface area contributed by atoms with E-state index in [1.807, 2.05) is 6.07 Å². The standard InChI is InChI=1S/C20H23N5O5S/c21-20(22)25-14-6-7-15-12(9-14)4-2-8-29-18-13(10-23-31-24-11-17(26)27)3-1-5-16(18)30-19(15)28/h1,3,5-7,9,23-24H,2,4,8,10-11H2,(H,26,27)(H4,21,22,25). The second-order valence-electron chi connectivity index (χ2n) is 6.63. The number of fused-ring (bicyclic) bond motifs is 2. The molecule has 1 aliphatic rings. The average molecular weight is 446 g/mol. The molecule has 2 aromatic rings. The molecular formula is C20H23N5O5S. The zero-order valence-corrected chi connectivity index (χ0v) is 17.4. The average Bonchev–Trinajstić information content (AvgIpc) is 2.71. The van der Waals surface area contributed by atoms with Gasteiger partial charge in [0.2, 0.25) is 0 Å². The lowest BCUT2D eigenvalue weighted by Gasteiger charge is -2.19. The van der Waals surface area contributed by atoms with Gasteiger partial charge in [0.25, 0.3) is 0 Å². The maximum Gasteiger partial charge on any atom is 0.343 e. The third kappa shape index (κ3) is 6.35. The summed E-state index contributed by atoms with van der Waals surface area (Å²) in [7, 11) is 0. The molecule has 2 aromatic carbocycles. The number of carbonyl (C=O) groups is 2. The molecule has 1 aliphatic heterocycles. The van der Waals surface area contributed by atoms with Crippen LogP contribution < -0.4 is 30.0 Å². The number of hydrogen-bond donors (Lipinski definition) is 6. The number of aryl methyl sites for hydroxylation is 1. The Kier molecular flexibility index (Phi) is 7.70. The van der Waals surface area contributed by atoms with Gasteiger partial charge in [0, 0.05) is 29.9 Å². The predicted molar refractivity (Wildman–Crippen MR) is 117 cm³/mol. The second-order valence-corrected chi connectivity index (χ2v) is 7.42. The van der Waals surface area contributed by atoms with Crippen LogP contribution in [-0.2, 0) is 17.8 Å². The molecule has 0 aliphatic carbocycles. The van der Waals surface area contributed by atoms with Crippen LogP contribution in [0.4, 0.5) is 5.69 Å². The number of esters is 1. The molecule has 0 saturated heterocycles. The Morgan fingerprint density at radius 2 is 2.10 bits per heavy atom. The summed E-state index contributed by atoms with van der Waals surface area (Å²) in [4.78, 5) is 23.4. The Labute approximate surface area is 183 Å². The van der Waals surface area contributed by atoms with Crippen molar-refractivity contribution in [1.82, 2.24) is 9.44 Å². The van der Waals surface area contributed by atoms with Crippen molar-refractivity contribution in [2.45, 2.75) is 19.4 Å². The van der Waals surface area contributed by atoms with Crippen LogP contribution in [0.3, 0.4) is 0 Å². The van der Waals surface area contributed by atoms with E-state index in [-0.39, 0.29) is 12.5 Å². The van der Waals surface area contributed by atoms with Gasteiger partial charge >= 0.3 is 11.9 Å². The van der Waals surface area contributed by atoms with Crippen LogP contribution in [0.5, 0.6) is 11.5 Å². The van der Waals surface area contributed by atoms with Crippen molar-refractivity contribution in [2.24, 2.45) is 5.73 Å². The van der Waals surface area contributed by atoms with Gasteiger partial charge in [-0.1, -0.05) is 12.1 Å². The fourth-order valence-electron chi connectivity index (χ4n) is 3.03. The van der Waals surface area contributed by atoms with Crippen LogP contribution in [0.2, 0.25) is 0 Å². The number of carboxylic acids is 1. The number of aliphatic carboxylic acids is 1. The highest BCUT2D eigenvalue weighted by Gasteiger charge is 2.20. The fraction of sp³-hybridized carbons (Fsp3) is 0.250. The van der Waals surface area contributed by atoms with Crippen LogP contribution in [0, 0.1) is 5.41 Å². The van der Waals surface area contributed by atoms with Crippen LogP contribution in [-0.4, -0.2) is 36.2 Å². The van der Waals surface area contributed by atoms with Crippen molar-refractivity contribution in [3.63, 3.8) is 0 Å². The van der Waals surface area contributed by atoms with Gasteiger partial charge in [-0.25, -0.2) is 14.2 Å². The molecule has 3 rings (SSSR count). The van der Waals surface area contributed by atoms with Crippen molar-refractivity contribution in [3.8, 4) is 11.5 Å². The lowest BCUT2D eigenvalue weighted by molar-refractivity contribution is -0.135. The summed E-state index contributed by atoms with van der Waals surface area (Å²) < 4.78 is 17.2. The number of para-hydroxylation sites is 1. The molecule has 31 heavy (non-hydrogen) atoms. The Morgan fingerprint density at radius 3 is 2.87 bits per heavy atom. The molecule has 0 aromatic heterocycles. The number of carboxylic acid groups (broad SMARTS) is 1. The van der Waals surface area contributed by atoms with Gasteiger partial charge in [0.1, 0.15) is 6.54 Å². The SMILES string of the molecule is N=C(N)Nc1ccc2c(c1)CCCOc1c(CNSNCC(=O)O)cccc1OC2=O. The first-order valence-corrected chi connectivity index (χ1v) is 10.3. The molecule has 1 heterocycles. The topological polar surface area (TPSA) is 159 Å². The summed E-state index contributed by atoms with van der Waals surface area (Å²) in [5.41, 5.74) is 8.01. The van der Waals surface area contributed by atoms with Crippen LogP contribution >= 0.6 is 12.1 Å². The van der Waals surface area contributed by atoms with E-state index in [0.29, 0.717) is 48.7 Å². The van der Waals surface area contributed by atoms with Gasteiger partial charge in [-0.15, -0.1) is 0 Å². The minimum atomic E-state index is -0.953. The normalized spacial score (nSPS) is 13.2. The third-order valence-electron chi connectivity index (χ3n) is 4.33. The van der Waals surface area contributed by atoms with E-state index in [2.05, 4.69) is 14.8 Å². The van der Waals surface area contributed by atoms with Crippen molar-refractivity contribution < 1.29 is 24.2 Å². The quantitative estimate of drug-likeness (QED) is 0.0927. The molecule has 0 atom stereocenters. The molecule has 0 radical (unpaired) electrons. The highest BCUT2D eigenvalue weighted by molar-refractivity contribution is 7.95. The molecule has 0 spiro atoms. The lowest BCUT2D eigenvalue weighted by Crippen LogP contribution is -2.21. The largest absolute Gasteiger partial charge is 0.489 e. The van der Waals surface area contributed by atoms with E-state index in [1.54, 1.807) is 30.3 Å². The number of nitrogens with one attached hydrogen (secondary N) is 4. The Morgan fingerprint density at radius 1 is 1.26 bits per heavy atom. The smallest absolute Gasteiger partial charge is 0.343 e. The number of guanidine groups is 1. The van der Waals surface area contributed by atoms with Gasteiger partial charge in [0.05, 0.1) is 12.2 Å².